The molecule has 0 aliphatic heterocycles. The summed E-state index contributed by atoms with van der Waals surface area (Å²) in [6.45, 7) is 0. The lowest BCUT2D eigenvalue weighted by Gasteiger charge is -2.01. The maximum atomic E-state index is 8.44. The van der Waals surface area contributed by atoms with Gasteiger partial charge in [-0.2, -0.15) is 0 Å². The Bertz CT molecular complexity index is 540. The van der Waals surface area contributed by atoms with Crippen LogP contribution in [-0.4, -0.2) is 16.4 Å². The van der Waals surface area contributed by atoms with Crippen LogP contribution >= 0.6 is 23.2 Å². The Morgan fingerprint density at radius 1 is 1.27 bits per heavy atom. The van der Waals surface area contributed by atoms with E-state index in [-0.39, 0.29) is 0 Å². The van der Waals surface area contributed by atoms with Gasteiger partial charge >= 0.3 is 0 Å². The third kappa shape index (κ3) is 2.03. The van der Waals surface area contributed by atoms with Gasteiger partial charge in [0.2, 0.25) is 0 Å². The third-order valence-corrected chi connectivity index (χ3v) is 2.50. The van der Waals surface area contributed by atoms with E-state index in [0.717, 1.165) is 10.9 Å². The molecule has 1 aromatic heterocycles. The smallest absolute Gasteiger partial charge is 0.0749 e. The van der Waals surface area contributed by atoms with E-state index in [9.17, 15) is 0 Å². The van der Waals surface area contributed by atoms with Crippen LogP contribution in [0.15, 0.2) is 29.6 Å². The fourth-order valence-electron chi connectivity index (χ4n) is 1.30. The lowest BCUT2D eigenvalue weighted by atomic mass is 10.1. The molecule has 1 aromatic carbocycles. The molecule has 0 saturated carbocycles. The normalized spacial score (nSPS) is 11.3. The highest BCUT2D eigenvalue weighted by atomic mass is 35.5. The van der Waals surface area contributed by atoms with E-state index in [0.29, 0.717) is 15.6 Å². The van der Waals surface area contributed by atoms with Gasteiger partial charge in [-0.1, -0.05) is 28.4 Å². The van der Waals surface area contributed by atoms with Crippen molar-refractivity contribution in [3.8, 4) is 0 Å². The van der Waals surface area contributed by atoms with Crippen molar-refractivity contribution in [2.45, 2.75) is 0 Å². The van der Waals surface area contributed by atoms with Crippen LogP contribution < -0.4 is 0 Å². The highest BCUT2D eigenvalue weighted by Gasteiger charge is 2.03. The first-order valence-corrected chi connectivity index (χ1v) is 4.88. The van der Waals surface area contributed by atoms with Crippen molar-refractivity contribution in [2.75, 3.05) is 0 Å². The second-order valence-corrected chi connectivity index (χ2v) is 3.81. The molecule has 0 bridgehead atoms. The summed E-state index contributed by atoms with van der Waals surface area (Å²) in [4.78, 5) is 4.12. The van der Waals surface area contributed by atoms with Crippen LogP contribution in [0.2, 0.25) is 10.0 Å². The van der Waals surface area contributed by atoms with Crippen molar-refractivity contribution in [3.63, 3.8) is 0 Å². The van der Waals surface area contributed by atoms with Gasteiger partial charge in [0.05, 0.1) is 21.8 Å². The van der Waals surface area contributed by atoms with Crippen LogP contribution in [0, 0.1) is 0 Å². The number of aromatic nitrogens is 1. The first kappa shape index (κ1) is 10.2. The van der Waals surface area contributed by atoms with Crippen molar-refractivity contribution >= 4 is 40.3 Å². The van der Waals surface area contributed by atoms with E-state index in [1.54, 1.807) is 24.4 Å². The minimum absolute atomic E-state index is 0.482. The summed E-state index contributed by atoms with van der Waals surface area (Å²) in [6, 6.07) is 5.23. The number of fused-ring (bicyclic) bond motifs is 1. The van der Waals surface area contributed by atoms with E-state index >= 15 is 0 Å². The number of benzene rings is 1. The van der Waals surface area contributed by atoms with Gasteiger partial charge in [-0.05, 0) is 18.2 Å². The number of oxime groups is 1. The highest BCUT2D eigenvalue weighted by Crippen LogP contribution is 2.23. The summed E-state index contributed by atoms with van der Waals surface area (Å²) in [5.74, 6) is 0. The molecule has 1 heterocycles. The van der Waals surface area contributed by atoms with Crippen molar-refractivity contribution in [1.29, 1.82) is 0 Å². The van der Waals surface area contributed by atoms with Gasteiger partial charge in [0.25, 0.3) is 0 Å². The maximum absolute atomic E-state index is 8.44. The molecule has 0 atom stereocenters. The number of hydrogen-bond donors (Lipinski definition) is 1. The van der Waals surface area contributed by atoms with Crippen molar-refractivity contribution in [3.05, 3.63) is 40.0 Å². The first-order chi connectivity index (χ1) is 7.20. The number of nitrogens with zero attached hydrogens (tertiary/aromatic N) is 2. The van der Waals surface area contributed by atoms with E-state index in [1.807, 2.05) is 0 Å². The van der Waals surface area contributed by atoms with Crippen molar-refractivity contribution in [1.82, 2.24) is 4.98 Å². The minimum atomic E-state index is 0.482. The van der Waals surface area contributed by atoms with Crippen LogP contribution in [0.4, 0.5) is 0 Å². The van der Waals surface area contributed by atoms with E-state index in [1.165, 1.54) is 6.21 Å². The standard InChI is InChI=1S/C10H6Cl2N2O/c11-8-2-6-1-7(4-14-15)9(12)3-10(6)13-5-8/h1-5,15H. The molecular weight excluding hydrogens is 235 g/mol. The van der Waals surface area contributed by atoms with Gasteiger partial charge in [-0.15, -0.1) is 0 Å². The van der Waals surface area contributed by atoms with Gasteiger partial charge in [0, 0.05) is 17.1 Å². The quantitative estimate of drug-likeness (QED) is 0.472. The Balaban J connectivity index is 2.71. The molecule has 15 heavy (non-hydrogen) atoms. The van der Waals surface area contributed by atoms with Crippen molar-refractivity contribution in [2.24, 2.45) is 5.16 Å². The molecule has 0 radical (unpaired) electrons. The summed E-state index contributed by atoms with van der Waals surface area (Å²) < 4.78 is 0. The van der Waals surface area contributed by atoms with Crippen LogP contribution in [-0.2, 0) is 0 Å². The number of pyridine rings is 1. The molecule has 2 aromatic rings. The number of halogens is 2. The lowest BCUT2D eigenvalue weighted by Crippen LogP contribution is -1.86. The van der Waals surface area contributed by atoms with Gasteiger partial charge in [-0.25, -0.2) is 0 Å². The van der Waals surface area contributed by atoms with Crippen LogP contribution in [0.25, 0.3) is 10.9 Å². The van der Waals surface area contributed by atoms with Crippen molar-refractivity contribution < 1.29 is 5.21 Å². The molecule has 0 saturated heterocycles. The minimum Gasteiger partial charge on any atom is -0.411 e. The SMILES string of the molecule is ON=Cc1cc2cc(Cl)cnc2cc1Cl. The third-order valence-electron chi connectivity index (χ3n) is 1.96. The lowest BCUT2D eigenvalue weighted by molar-refractivity contribution is 0.322. The second-order valence-electron chi connectivity index (χ2n) is 2.96. The van der Waals surface area contributed by atoms with Gasteiger partial charge in [0.1, 0.15) is 0 Å². The monoisotopic (exact) mass is 240 g/mol. The fraction of sp³-hybridized carbons (Fsp3) is 0. The van der Waals surface area contributed by atoms with Crippen LogP contribution in [0.5, 0.6) is 0 Å². The average Bonchev–Trinajstić information content (AvgIpc) is 2.20. The Kier molecular flexibility index (Phi) is 2.75. The van der Waals surface area contributed by atoms with Crippen LogP contribution in [0.1, 0.15) is 5.56 Å². The topological polar surface area (TPSA) is 45.5 Å². The molecule has 3 nitrogen and oxygen atoms in total. The Hall–Kier alpha value is -1.32. The molecule has 0 fully saturated rings. The summed E-state index contributed by atoms with van der Waals surface area (Å²) >= 11 is 11.8. The van der Waals surface area contributed by atoms with Crippen LogP contribution in [0.3, 0.4) is 0 Å². The average molecular weight is 241 g/mol. The number of rotatable bonds is 1. The molecule has 0 unspecified atom stereocenters. The molecule has 5 heteroatoms. The Labute approximate surface area is 95.9 Å². The van der Waals surface area contributed by atoms with E-state index in [2.05, 4.69) is 10.1 Å². The highest BCUT2D eigenvalue weighted by molar-refractivity contribution is 6.34. The summed E-state index contributed by atoms with van der Waals surface area (Å²) in [7, 11) is 0. The summed E-state index contributed by atoms with van der Waals surface area (Å²) in [5, 5.41) is 13.3. The summed E-state index contributed by atoms with van der Waals surface area (Å²) in [6.07, 6.45) is 2.82. The predicted molar refractivity (Wildman–Crippen MR) is 61.1 cm³/mol. The molecule has 1 N–H and O–H groups in total. The van der Waals surface area contributed by atoms with Gasteiger partial charge < -0.3 is 5.21 Å². The maximum Gasteiger partial charge on any atom is 0.0749 e. The molecule has 2 rings (SSSR count). The van der Waals surface area contributed by atoms with E-state index < -0.39 is 0 Å². The molecule has 0 aliphatic carbocycles. The molecule has 0 aliphatic rings. The number of hydrogen-bond acceptors (Lipinski definition) is 3. The first-order valence-electron chi connectivity index (χ1n) is 4.13. The molecule has 0 spiro atoms. The predicted octanol–water partition coefficient (Wildman–Crippen LogP) is 3.35. The zero-order valence-corrected chi connectivity index (χ0v) is 9.00. The van der Waals surface area contributed by atoms with Gasteiger partial charge in [0.15, 0.2) is 0 Å². The Morgan fingerprint density at radius 2 is 2.07 bits per heavy atom. The van der Waals surface area contributed by atoms with E-state index in [4.69, 9.17) is 28.4 Å². The molecule has 76 valence electrons. The largest absolute Gasteiger partial charge is 0.411 e. The van der Waals surface area contributed by atoms with Gasteiger partial charge in [-0.3, -0.25) is 4.98 Å². The zero-order valence-electron chi connectivity index (χ0n) is 7.48. The summed E-state index contributed by atoms with van der Waals surface area (Å²) in [5.41, 5.74) is 1.37. The fourth-order valence-corrected chi connectivity index (χ4v) is 1.68. The Morgan fingerprint density at radius 3 is 2.80 bits per heavy atom. The second kappa shape index (κ2) is 4.04. The zero-order chi connectivity index (χ0) is 10.8. The molecule has 0 amide bonds. The molecular formula is C10H6Cl2N2O.